The zero-order valence-electron chi connectivity index (χ0n) is 8.99. The molecule has 2 N–H and O–H groups in total. The van der Waals surface area contributed by atoms with Crippen molar-refractivity contribution in [2.45, 2.75) is 6.04 Å². The predicted molar refractivity (Wildman–Crippen MR) is 55.6 cm³/mol. The van der Waals surface area contributed by atoms with E-state index in [-0.39, 0.29) is 5.56 Å². The molecular formula is C11H10F3N3. The lowest BCUT2D eigenvalue weighted by Crippen LogP contribution is -2.15. The van der Waals surface area contributed by atoms with Crippen LogP contribution < -0.4 is 5.73 Å². The number of aryl methyl sites for hydroxylation is 1. The minimum atomic E-state index is -1.52. The van der Waals surface area contributed by atoms with E-state index in [1.165, 1.54) is 6.33 Å². The summed E-state index contributed by atoms with van der Waals surface area (Å²) in [5.74, 6) is -4.03. The molecule has 1 heterocycles. The van der Waals surface area contributed by atoms with E-state index in [2.05, 4.69) is 4.98 Å². The fourth-order valence-electron chi connectivity index (χ4n) is 1.53. The number of nitrogens with two attached hydrogens (primary N) is 1. The third-order valence-electron chi connectivity index (χ3n) is 2.44. The molecule has 3 nitrogen and oxygen atoms in total. The maximum Gasteiger partial charge on any atom is 0.194 e. The van der Waals surface area contributed by atoms with Crippen LogP contribution >= 0.6 is 0 Å². The highest BCUT2D eigenvalue weighted by Crippen LogP contribution is 2.23. The van der Waals surface area contributed by atoms with Gasteiger partial charge in [-0.3, -0.25) is 0 Å². The number of halogens is 3. The molecule has 0 amide bonds. The number of hydrogen-bond acceptors (Lipinski definition) is 2. The molecule has 0 bridgehead atoms. The van der Waals surface area contributed by atoms with Crippen LogP contribution in [0.5, 0.6) is 0 Å². The molecule has 0 saturated heterocycles. The molecule has 0 aliphatic heterocycles. The second-order valence-corrected chi connectivity index (χ2v) is 3.71. The molecule has 0 fully saturated rings. The molecule has 0 aliphatic carbocycles. The zero-order valence-corrected chi connectivity index (χ0v) is 8.99. The van der Waals surface area contributed by atoms with E-state index in [0.29, 0.717) is 5.69 Å². The largest absolute Gasteiger partial charge is 0.340 e. The molecule has 0 saturated carbocycles. The second-order valence-electron chi connectivity index (χ2n) is 3.71. The second kappa shape index (κ2) is 4.21. The summed E-state index contributed by atoms with van der Waals surface area (Å²) in [5.41, 5.74) is 6.01. The maximum absolute atomic E-state index is 13.5. The van der Waals surface area contributed by atoms with Gasteiger partial charge in [0.05, 0.1) is 18.1 Å². The molecule has 2 aromatic rings. The molecule has 0 aliphatic rings. The van der Waals surface area contributed by atoms with Crippen LogP contribution in [0.25, 0.3) is 0 Å². The van der Waals surface area contributed by atoms with Gasteiger partial charge in [-0.15, -0.1) is 0 Å². The highest BCUT2D eigenvalue weighted by atomic mass is 19.2. The van der Waals surface area contributed by atoms with Gasteiger partial charge in [-0.25, -0.2) is 18.2 Å². The van der Waals surface area contributed by atoms with Crippen molar-refractivity contribution in [3.63, 3.8) is 0 Å². The van der Waals surface area contributed by atoms with Crippen LogP contribution in [0.1, 0.15) is 17.3 Å². The summed E-state index contributed by atoms with van der Waals surface area (Å²) in [6, 6.07) is 1.04. The molecule has 2 rings (SSSR count). The third-order valence-corrected chi connectivity index (χ3v) is 2.44. The van der Waals surface area contributed by atoms with Crippen LogP contribution in [0.2, 0.25) is 0 Å². The van der Waals surface area contributed by atoms with Gasteiger partial charge in [0.25, 0.3) is 0 Å². The summed E-state index contributed by atoms with van der Waals surface area (Å²) in [5, 5.41) is 0. The number of benzene rings is 1. The molecule has 90 valence electrons. The molecule has 1 atom stereocenters. The monoisotopic (exact) mass is 241 g/mol. The Morgan fingerprint density at radius 3 is 2.53 bits per heavy atom. The van der Waals surface area contributed by atoms with Crippen molar-refractivity contribution in [3.8, 4) is 0 Å². The molecule has 6 heteroatoms. The van der Waals surface area contributed by atoms with Gasteiger partial charge in [0.1, 0.15) is 0 Å². The molecule has 1 aromatic carbocycles. The Labute approximate surface area is 95.7 Å². The van der Waals surface area contributed by atoms with Crippen molar-refractivity contribution < 1.29 is 13.2 Å². The molecule has 0 spiro atoms. The summed E-state index contributed by atoms with van der Waals surface area (Å²) in [4.78, 5) is 3.94. The van der Waals surface area contributed by atoms with Crippen LogP contribution in [-0.4, -0.2) is 9.55 Å². The fourth-order valence-corrected chi connectivity index (χ4v) is 1.53. The van der Waals surface area contributed by atoms with Gasteiger partial charge in [-0.1, -0.05) is 6.07 Å². The van der Waals surface area contributed by atoms with Crippen molar-refractivity contribution in [1.29, 1.82) is 0 Å². The normalized spacial score (nSPS) is 12.8. The molecule has 17 heavy (non-hydrogen) atoms. The van der Waals surface area contributed by atoms with E-state index in [1.54, 1.807) is 17.8 Å². The Morgan fingerprint density at radius 2 is 1.94 bits per heavy atom. The van der Waals surface area contributed by atoms with Gasteiger partial charge in [0.2, 0.25) is 0 Å². The van der Waals surface area contributed by atoms with Gasteiger partial charge in [-0.2, -0.15) is 0 Å². The summed E-state index contributed by atoms with van der Waals surface area (Å²) in [6.07, 6.45) is 3.08. The van der Waals surface area contributed by atoms with E-state index in [1.807, 2.05) is 0 Å². The van der Waals surface area contributed by atoms with Gasteiger partial charge >= 0.3 is 0 Å². The minimum absolute atomic E-state index is 0.123. The number of nitrogens with zero attached hydrogens (tertiary/aromatic N) is 2. The van der Waals surface area contributed by atoms with Crippen molar-refractivity contribution in [3.05, 3.63) is 53.4 Å². The van der Waals surface area contributed by atoms with Crippen LogP contribution in [0.3, 0.4) is 0 Å². The first-order valence-electron chi connectivity index (χ1n) is 4.87. The van der Waals surface area contributed by atoms with E-state index in [0.717, 1.165) is 12.1 Å². The fraction of sp³-hybridized carbons (Fsp3) is 0.182. The third kappa shape index (κ3) is 2.03. The Bertz CT molecular complexity index is 551. The van der Waals surface area contributed by atoms with E-state index in [4.69, 9.17) is 5.73 Å². The Morgan fingerprint density at radius 1 is 1.24 bits per heavy atom. The van der Waals surface area contributed by atoms with Crippen LogP contribution in [0.15, 0.2) is 24.7 Å². The molecule has 1 unspecified atom stereocenters. The molecular weight excluding hydrogens is 231 g/mol. The SMILES string of the molecule is Cn1cnc(C(N)c2ccc(F)c(F)c2F)c1. The molecule has 1 aromatic heterocycles. The summed E-state index contributed by atoms with van der Waals surface area (Å²) in [7, 11) is 1.73. The van der Waals surface area contributed by atoms with Crippen molar-refractivity contribution in [1.82, 2.24) is 9.55 Å². The van der Waals surface area contributed by atoms with Gasteiger partial charge in [-0.05, 0) is 6.07 Å². The lowest BCUT2D eigenvalue weighted by atomic mass is 10.0. The topological polar surface area (TPSA) is 43.8 Å². The average Bonchev–Trinajstić information content (AvgIpc) is 2.72. The van der Waals surface area contributed by atoms with Crippen LogP contribution in [0, 0.1) is 17.5 Å². The first-order valence-corrected chi connectivity index (χ1v) is 4.87. The average molecular weight is 241 g/mol. The summed E-state index contributed by atoms with van der Waals surface area (Å²) >= 11 is 0. The lowest BCUT2D eigenvalue weighted by molar-refractivity contribution is 0.438. The van der Waals surface area contributed by atoms with E-state index in [9.17, 15) is 13.2 Å². The smallest absolute Gasteiger partial charge is 0.194 e. The number of rotatable bonds is 2. The Kier molecular flexibility index (Phi) is 2.89. The Hall–Kier alpha value is -1.82. The number of aromatic nitrogens is 2. The van der Waals surface area contributed by atoms with Crippen LogP contribution in [-0.2, 0) is 7.05 Å². The van der Waals surface area contributed by atoms with Gasteiger partial charge in [0, 0.05) is 18.8 Å². The van der Waals surface area contributed by atoms with Crippen molar-refractivity contribution >= 4 is 0 Å². The van der Waals surface area contributed by atoms with Gasteiger partial charge < -0.3 is 10.3 Å². The number of imidazole rings is 1. The highest BCUT2D eigenvalue weighted by molar-refractivity contribution is 5.29. The first-order chi connectivity index (χ1) is 8.00. The predicted octanol–water partition coefficient (Wildman–Crippen LogP) is 1.89. The molecule has 0 radical (unpaired) electrons. The standard InChI is InChI=1S/C11H10F3N3/c1-17-4-8(16-5-17)11(15)6-2-3-7(12)10(14)9(6)13/h2-5,11H,15H2,1H3. The highest BCUT2D eigenvalue weighted by Gasteiger charge is 2.20. The summed E-state index contributed by atoms with van der Waals surface area (Å²) in [6.45, 7) is 0. The summed E-state index contributed by atoms with van der Waals surface area (Å²) < 4.78 is 40.9. The van der Waals surface area contributed by atoms with Crippen molar-refractivity contribution in [2.75, 3.05) is 0 Å². The zero-order chi connectivity index (χ0) is 12.6. The van der Waals surface area contributed by atoms with Gasteiger partial charge in [0.15, 0.2) is 17.5 Å². The number of hydrogen-bond donors (Lipinski definition) is 1. The quantitative estimate of drug-likeness (QED) is 0.816. The first kappa shape index (κ1) is 11.7. The maximum atomic E-state index is 13.5. The van der Waals surface area contributed by atoms with Crippen molar-refractivity contribution in [2.24, 2.45) is 12.8 Å². The lowest BCUT2D eigenvalue weighted by Gasteiger charge is -2.11. The Balaban J connectivity index is 2.44. The van der Waals surface area contributed by atoms with E-state index >= 15 is 0 Å². The van der Waals surface area contributed by atoms with E-state index < -0.39 is 23.5 Å². The minimum Gasteiger partial charge on any atom is -0.340 e. The van der Waals surface area contributed by atoms with Crippen LogP contribution in [0.4, 0.5) is 13.2 Å².